The van der Waals surface area contributed by atoms with Gasteiger partial charge in [-0.2, -0.15) is 0 Å². The van der Waals surface area contributed by atoms with E-state index in [1.54, 1.807) is 42.5 Å². The summed E-state index contributed by atoms with van der Waals surface area (Å²) in [4.78, 5) is 23.9. The number of aliphatic carboxylic acids is 1. The van der Waals surface area contributed by atoms with Gasteiger partial charge in [0.25, 0.3) is 0 Å². The highest BCUT2D eigenvalue weighted by atomic mass is 16.7. The maximum absolute atomic E-state index is 12.6. The molecule has 2 amide bonds. The summed E-state index contributed by atoms with van der Waals surface area (Å²) < 4.78 is 16.4. The Hall–Kier alpha value is -4.20. The molecule has 3 N–H and O–H groups in total. The molecule has 3 aromatic carbocycles. The number of amides is 2. The number of carboxylic acids is 1. The van der Waals surface area contributed by atoms with E-state index in [0.29, 0.717) is 34.2 Å². The number of benzene rings is 3. The lowest BCUT2D eigenvalue weighted by molar-refractivity contribution is -0.137. The zero-order chi connectivity index (χ0) is 21.6. The fourth-order valence-electron chi connectivity index (χ4n) is 3.14. The van der Waals surface area contributed by atoms with Gasteiger partial charge in [0.15, 0.2) is 11.5 Å². The summed E-state index contributed by atoms with van der Waals surface area (Å²) in [7, 11) is 0. The molecule has 0 saturated heterocycles. The van der Waals surface area contributed by atoms with Gasteiger partial charge in [-0.3, -0.25) is 4.79 Å². The van der Waals surface area contributed by atoms with E-state index < -0.39 is 18.0 Å². The number of carbonyl (C=O) groups excluding carboxylic acids is 1. The first-order chi connectivity index (χ1) is 15.1. The minimum Gasteiger partial charge on any atom is -0.481 e. The quantitative estimate of drug-likeness (QED) is 0.518. The molecule has 0 unspecified atom stereocenters. The van der Waals surface area contributed by atoms with Crippen LogP contribution in [0.15, 0.2) is 72.8 Å². The van der Waals surface area contributed by atoms with Crippen molar-refractivity contribution in [1.29, 1.82) is 0 Å². The summed E-state index contributed by atoms with van der Waals surface area (Å²) in [5.41, 5.74) is 1.11. The van der Waals surface area contributed by atoms with Gasteiger partial charge < -0.3 is 30.0 Å². The van der Waals surface area contributed by atoms with Crippen LogP contribution in [0, 0.1) is 0 Å². The van der Waals surface area contributed by atoms with Gasteiger partial charge in [-0.25, -0.2) is 4.79 Å². The van der Waals surface area contributed by atoms with Crippen molar-refractivity contribution in [1.82, 2.24) is 5.32 Å². The third-order valence-corrected chi connectivity index (χ3v) is 4.55. The van der Waals surface area contributed by atoms with Crippen LogP contribution in [0.1, 0.15) is 18.0 Å². The van der Waals surface area contributed by atoms with Gasteiger partial charge in [0, 0.05) is 11.8 Å². The molecule has 158 valence electrons. The average molecular weight is 420 g/mol. The third-order valence-electron chi connectivity index (χ3n) is 4.55. The SMILES string of the molecule is O=C(O)C[C@H](NC(=O)Nc1cccc(Oc2ccccc2)c1)c1ccc2c(c1)OCO2. The van der Waals surface area contributed by atoms with Gasteiger partial charge in [-0.05, 0) is 42.0 Å². The lowest BCUT2D eigenvalue weighted by Crippen LogP contribution is -2.33. The Labute approximate surface area is 178 Å². The Kier molecular flexibility index (Phi) is 5.89. The molecule has 0 bridgehead atoms. The highest BCUT2D eigenvalue weighted by molar-refractivity contribution is 5.90. The van der Waals surface area contributed by atoms with Gasteiger partial charge in [0.2, 0.25) is 6.79 Å². The highest BCUT2D eigenvalue weighted by Crippen LogP contribution is 2.35. The second kappa shape index (κ2) is 9.08. The number of para-hydroxylation sites is 1. The molecule has 1 heterocycles. The van der Waals surface area contributed by atoms with Crippen molar-refractivity contribution in [3.63, 3.8) is 0 Å². The van der Waals surface area contributed by atoms with Crippen molar-refractivity contribution in [3.8, 4) is 23.0 Å². The maximum Gasteiger partial charge on any atom is 0.319 e. The van der Waals surface area contributed by atoms with E-state index in [0.717, 1.165) is 0 Å². The number of fused-ring (bicyclic) bond motifs is 1. The molecule has 3 aromatic rings. The summed E-state index contributed by atoms with van der Waals surface area (Å²) in [6, 6.07) is 20.0. The lowest BCUT2D eigenvalue weighted by atomic mass is 10.0. The second-order valence-electron chi connectivity index (χ2n) is 6.80. The molecule has 1 aliphatic rings. The van der Waals surface area contributed by atoms with Crippen molar-refractivity contribution in [2.24, 2.45) is 0 Å². The molecule has 8 nitrogen and oxygen atoms in total. The fraction of sp³-hybridized carbons (Fsp3) is 0.130. The molecule has 1 aliphatic heterocycles. The van der Waals surface area contributed by atoms with Crippen LogP contribution in [0.2, 0.25) is 0 Å². The van der Waals surface area contributed by atoms with Gasteiger partial charge in [-0.1, -0.05) is 30.3 Å². The number of hydrogen-bond donors (Lipinski definition) is 3. The number of carboxylic acid groups (broad SMARTS) is 1. The first kappa shape index (κ1) is 20.1. The lowest BCUT2D eigenvalue weighted by Gasteiger charge is -2.18. The summed E-state index contributed by atoms with van der Waals surface area (Å²) in [6.07, 6.45) is -0.287. The van der Waals surface area contributed by atoms with Crippen LogP contribution in [0.4, 0.5) is 10.5 Å². The van der Waals surface area contributed by atoms with Crippen LogP contribution in [0.3, 0.4) is 0 Å². The van der Waals surface area contributed by atoms with Crippen LogP contribution < -0.4 is 24.8 Å². The molecule has 1 atom stereocenters. The van der Waals surface area contributed by atoms with Crippen molar-refractivity contribution < 1.29 is 28.9 Å². The van der Waals surface area contributed by atoms with Gasteiger partial charge in [0.1, 0.15) is 11.5 Å². The molecule has 0 spiro atoms. The Balaban J connectivity index is 1.44. The minimum absolute atomic E-state index is 0.109. The van der Waals surface area contributed by atoms with Crippen molar-refractivity contribution in [2.75, 3.05) is 12.1 Å². The van der Waals surface area contributed by atoms with E-state index in [9.17, 15) is 14.7 Å². The Bertz CT molecular complexity index is 1090. The smallest absolute Gasteiger partial charge is 0.319 e. The third kappa shape index (κ3) is 5.24. The largest absolute Gasteiger partial charge is 0.481 e. The summed E-state index contributed by atoms with van der Waals surface area (Å²) in [5, 5.41) is 14.7. The van der Waals surface area contributed by atoms with Crippen LogP contribution in [0.25, 0.3) is 0 Å². The van der Waals surface area contributed by atoms with Gasteiger partial charge in [0.05, 0.1) is 12.5 Å². The maximum atomic E-state index is 12.6. The number of hydrogen-bond acceptors (Lipinski definition) is 5. The predicted molar refractivity (Wildman–Crippen MR) is 113 cm³/mol. The molecule has 0 aromatic heterocycles. The topological polar surface area (TPSA) is 106 Å². The normalized spacial score (nSPS) is 12.6. The van der Waals surface area contributed by atoms with Crippen molar-refractivity contribution in [2.45, 2.75) is 12.5 Å². The van der Waals surface area contributed by atoms with E-state index in [2.05, 4.69) is 10.6 Å². The van der Waals surface area contributed by atoms with E-state index >= 15 is 0 Å². The number of anilines is 1. The molecule has 0 fully saturated rings. The minimum atomic E-state index is -1.04. The first-order valence-electron chi connectivity index (χ1n) is 9.58. The van der Waals surface area contributed by atoms with E-state index in [1.807, 2.05) is 30.3 Å². The Morgan fingerprint density at radius 2 is 1.71 bits per heavy atom. The van der Waals surface area contributed by atoms with Crippen LogP contribution in [-0.4, -0.2) is 23.9 Å². The van der Waals surface area contributed by atoms with Crippen molar-refractivity contribution >= 4 is 17.7 Å². The number of nitrogens with one attached hydrogen (secondary N) is 2. The first-order valence-corrected chi connectivity index (χ1v) is 9.58. The molecule has 4 rings (SSSR count). The second-order valence-corrected chi connectivity index (χ2v) is 6.80. The molecule has 0 aliphatic carbocycles. The average Bonchev–Trinajstić information content (AvgIpc) is 3.22. The van der Waals surface area contributed by atoms with E-state index in [4.69, 9.17) is 14.2 Å². The molecule has 0 saturated carbocycles. The Morgan fingerprint density at radius 3 is 2.52 bits per heavy atom. The van der Waals surface area contributed by atoms with Crippen LogP contribution in [0.5, 0.6) is 23.0 Å². The molecular weight excluding hydrogens is 400 g/mol. The summed E-state index contributed by atoms with van der Waals surface area (Å²) >= 11 is 0. The predicted octanol–water partition coefficient (Wildman–Crippen LogP) is 4.55. The number of urea groups is 1. The number of rotatable bonds is 7. The molecular formula is C23H20N2O6. The molecule has 8 heteroatoms. The van der Waals surface area contributed by atoms with Gasteiger partial charge >= 0.3 is 12.0 Å². The Morgan fingerprint density at radius 1 is 0.935 bits per heavy atom. The highest BCUT2D eigenvalue weighted by Gasteiger charge is 2.22. The fourth-order valence-corrected chi connectivity index (χ4v) is 3.14. The van der Waals surface area contributed by atoms with Crippen LogP contribution >= 0.6 is 0 Å². The molecule has 31 heavy (non-hydrogen) atoms. The van der Waals surface area contributed by atoms with Crippen molar-refractivity contribution in [3.05, 3.63) is 78.4 Å². The number of carbonyl (C=O) groups is 2. The van der Waals surface area contributed by atoms with E-state index in [-0.39, 0.29) is 13.2 Å². The van der Waals surface area contributed by atoms with Crippen LogP contribution in [-0.2, 0) is 4.79 Å². The summed E-state index contributed by atoms with van der Waals surface area (Å²) in [5.74, 6) is 1.29. The van der Waals surface area contributed by atoms with Gasteiger partial charge in [-0.15, -0.1) is 0 Å². The zero-order valence-electron chi connectivity index (χ0n) is 16.4. The zero-order valence-corrected chi connectivity index (χ0v) is 16.4. The standard InChI is InChI=1S/C23H20N2O6/c26-22(27)13-19(15-9-10-20-21(11-15)30-14-29-20)25-23(28)24-16-5-4-8-18(12-16)31-17-6-2-1-3-7-17/h1-12,19H,13-14H2,(H,26,27)(H2,24,25,28)/t19-/m0/s1. The van der Waals surface area contributed by atoms with E-state index in [1.165, 1.54) is 0 Å². The number of ether oxygens (including phenoxy) is 3. The monoisotopic (exact) mass is 420 g/mol. The summed E-state index contributed by atoms with van der Waals surface area (Å²) in [6.45, 7) is 0.109. The molecule has 0 radical (unpaired) electrons.